The van der Waals surface area contributed by atoms with Crippen molar-refractivity contribution >= 4 is 11.8 Å². The van der Waals surface area contributed by atoms with Crippen molar-refractivity contribution in [2.24, 2.45) is 10.8 Å². The third-order valence-corrected chi connectivity index (χ3v) is 5.07. The van der Waals surface area contributed by atoms with Gasteiger partial charge in [0.25, 0.3) is 0 Å². The summed E-state index contributed by atoms with van der Waals surface area (Å²) in [5, 5.41) is 9.60. The number of carboxylic acids is 1. The largest absolute Gasteiger partial charge is 0.481 e. The van der Waals surface area contributed by atoms with Gasteiger partial charge in [0.2, 0.25) is 0 Å². The summed E-state index contributed by atoms with van der Waals surface area (Å²) in [6, 6.07) is 0. The molecule has 0 heterocycles. The molecule has 0 saturated heterocycles. The molecule has 2 aliphatic carbocycles. The Morgan fingerprint density at radius 1 is 1.25 bits per heavy atom. The average Bonchev–Trinajstić information content (AvgIpc) is 2.19. The minimum absolute atomic E-state index is 0.0144. The third kappa shape index (κ3) is 1.40. The van der Waals surface area contributed by atoms with Crippen molar-refractivity contribution < 1.29 is 14.7 Å². The Morgan fingerprint density at radius 2 is 1.81 bits per heavy atom. The van der Waals surface area contributed by atoms with E-state index in [0.717, 1.165) is 25.7 Å². The zero-order valence-corrected chi connectivity index (χ0v) is 9.92. The molecule has 90 valence electrons. The zero-order valence-electron chi connectivity index (χ0n) is 9.92. The minimum atomic E-state index is -0.665. The monoisotopic (exact) mass is 224 g/mol. The molecule has 1 N–H and O–H groups in total. The van der Waals surface area contributed by atoms with Crippen LogP contribution in [0.5, 0.6) is 0 Å². The van der Waals surface area contributed by atoms with Gasteiger partial charge in [-0.25, -0.2) is 0 Å². The van der Waals surface area contributed by atoms with Crippen LogP contribution >= 0.6 is 0 Å². The molecule has 0 bridgehead atoms. The van der Waals surface area contributed by atoms with E-state index in [4.69, 9.17) is 0 Å². The summed E-state index contributed by atoms with van der Waals surface area (Å²) in [5.74, 6) is -0.427. The smallest absolute Gasteiger partial charge is 0.310 e. The first kappa shape index (κ1) is 11.6. The molecule has 0 aliphatic heterocycles. The predicted octanol–water partition coefficient (Wildman–Crippen LogP) is 2.78. The van der Waals surface area contributed by atoms with Gasteiger partial charge in [-0.15, -0.1) is 0 Å². The second-order valence-electron chi connectivity index (χ2n) is 5.41. The van der Waals surface area contributed by atoms with Crippen molar-refractivity contribution in [3.63, 3.8) is 0 Å². The van der Waals surface area contributed by atoms with E-state index < -0.39 is 11.4 Å². The molecule has 3 nitrogen and oxygen atoms in total. The summed E-state index contributed by atoms with van der Waals surface area (Å²) < 4.78 is 0. The van der Waals surface area contributed by atoms with Crippen molar-refractivity contribution in [1.29, 1.82) is 0 Å². The number of ketones is 1. The highest BCUT2D eigenvalue weighted by Gasteiger charge is 2.58. The van der Waals surface area contributed by atoms with Gasteiger partial charge in [0, 0.05) is 12.8 Å². The summed E-state index contributed by atoms with van der Waals surface area (Å²) in [5.41, 5.74) is -0.618. The van der Waals surface area contributed by atoms with E-state index in [2.05, 4.69) is 6.92 Å². The number of carbonyl (C=O) groups is 2. The molecule has 0 radical (unpaired) electrons. The topological polar surface area (TPSA) is 54.4 Å². The Balaban J connectivity index is 2.28. The molecule has 2 fully saturated rings. The van der Waals surface area contributed by atoms with Crippen LogP contribution in [-0.2, 0) is 9.59 Å². The highest BCUT2D eigenvalue weighted by atomic mass is 16.4. The average molecular weight is 224 g/mol. The van der Waals surface area contributed by atoms with E-state index in [-0.39, 0.29) is 11.2 Å². The van der Waals surface area contributed by atoms with Crippen molar-refractivity contribution in [2.45, 2.75) is 58.3 Å². The van der Waals surface area contributed by atoms with Crippen LogP contribution < -0.4 is 0 Å². The van der Waals surface area contributed by atoms with E-state index in [9.17, 15) is 14.7 Å². The van der Waals surface area contributed by atoms with Gasteiger partial charge in [0.05, 0.1) is 5.41 Å². The van der Waals surface area contributed by atoms with E-state index in [1.165, 1.54) is 0 Å². The summed E-state index contributed by atoms with van der Waals surface area (Å²) in [4.78, 5) is 23.0. The summed E-state index contributed by atoms with van der Waals surface area (Å²) in [6.07, 6.45) is 6.21. The van der Waals surface area contributed by atoms with E-state index in [1.54, 1.807) is 0 Å². The Hall–Kier alpha value is -0.860. The van der Waals surface area contributed by atoms with Crippen molar-refractivity contribution in [2.75, 3.05) is 0 Å². The molecule has 0 aromatic rings. The summed E-state index contributed by atoms with van der Waals surface area (Å²) >= 11 is 0. The first-order chi connectivity index (χ1) is 7.56. The molecule has 0 atom stereocenters. The number of carbonyl (C=O) groups excluding carboxylic acids is 1. The zero-order chi connectivity index (χ0) is 11.8. The van der Waals surface area contributed by atoms with Crippen LogP contribution in [0.4, 0.5) is 0 Å². The molecule has 0 unspecified atom stereocenters. The van der Waals surface area contributed by atoms with Crippen LogP contribution in [0.25, 0.3) is 0 Å². The van der Waals surface area contributed by atoms with Crippen LogP contribution in [0, 0.1) is 10.8 Å². The molecule has 2 rings (SSSR count). The fourth-order valence-corrected chi connectivity index (χ4v) is 3.70. The minimum Gasteiger partial charge on any atom is -0.481 e. The molecule has 0 aromatic heterocycles. The molecular formula is C13H20O3. The number of rotatable bonds is 3. The van der Waals surface area contributed by atoms with Crippen LogP contribution in [0.2, 0.25) is 0 Å². The predicted molar refractivity (Wildman–Crippen MR) is 60.1 cm³/mol. The maximum absolute atomic E-state index is 11.7. The maximum Gasteiger partial charge on any atom is 0.310 e. The van der Waals surface area contributed by atoms with Gasteiger partial charge in [-0.2, -0.15) is 0 Å². The highest BCUT2D eigenvalue weighted by molar-refractivity contribution is 5.84. The Morgan fingerprint density at radius 3 is 2.12 bits per heavy atom. The van der Waals surface area contributed by atoms with Gasteiger partial charge in [-0.1, -0.05) is 13.3 Å². The molecule has 2 aliphatic rings. The molecule has 0 amide bonds. The Kier molecular flexibility index (Phi) is 2.81. The lowest BCUT2D eigenvalue weighted by atomic mass is 9.48. The lowest BCUT2D eigenvalue weighted by Crippen LogP contribution is -2.53. The van der Waals surface area contributed by atoms with Gasteiger partial charge in [0.15, 0.2) is 0 Å². The molecular weight excluding hydrogens is 204 g/mol. The quantitative estimate of drug-likeness (QED) is 0.802. The van der Waals surface area contributed by atoms with Crippen LogP contribution in [0.15, 0.2) is 0 Å². The van der Waals surface area contributed by atoms with Gasteiger partial charge in [-0.3, -0.25) is 9.59 Å². The maximum atomic E-state index is 11.7. The lowest BCUT2D eigenvalue weighted by Gasteiger charge is -2.55. The molecule has 2 saturated carbocycles. The number of Topliss-reactive ketones (excluding diaryl/α,β-unsaturated/α-hetero) is 1. The van der Waals surface area contributed by atoms with Crippen LogP contribution in [0.3, 0.4) is 0 Å². The third-order valence-electron chi connectivity index (χ3n) is 5.07. The number of hydrogen-bond donors (Lipinski definition) is 1. The van der Waals surface area contributed by atoms with Crippen molar-refractivity contribution in [1.82, 2.24) is 0 Å². The molecule has 16 heavy (non-hydrogen) atoms. The van der Waals surface area contributed by atoms with Gasteiger partial charge < -0.3 is 5.11 Å². The molecule has 3 heteroatoms. The Labute approximate surface area is 96.2 Å². The SMILES string of the molecule is CCC1(C2(C(=O)O)CCC(=O)CC2)CCC1. The lowest BCUT2D eigenvalue weighted by molar-refractivity contribution is -0.171. The number of hydrogen-bond acceptors (Lipinski definition) is 2. The van der Waals surface area contributed by atoms with Crippen molar-refractivity contribution in [3.05, 3.63) is 0 Å². The molecule has 0 aromatic carbocycles. The van der Waals surface area contributed by atoms with E-state index in [1.807, 2.05) is 0 Å². The first-order valence-corrected chi connectivity index (χ1v) is 6.31. The standard InChI is InChI=1S/C13H20O3/c1-2-12(6-3-7-12)13(11(15)16)8-4-10(14)5-9-13/h2-9H2,1H3,(H,15,16). The van der Waals surface area contributed by atoms with E-state index in [0.29, 0.717) is 25.7 Å². The van der Waals surface area contributed by atoms with Gasteiger partial charge in [-0.05, 0) is 37.5 Å². The summed E-state index contributed by atoms with van der Waals surface area (Å²) in [7, 11) is 0. The van der Waals surface area contributed by atoms with Crippen LogP contribution in [0.1, 0.15) is 58.3 Å². The summed E-state index contributed by atoms with van der Waals surface area (Å²) in [6.45, 7) is 2.10. The van der Waals surface area contributed by atoms with Crippen LogP contribution in [-0.4, -0.2) is 16.9 Å². The fourth-order valence-electron chi connectivity index (χ4n) is 3.70. The van der Waals surface area contributed by atoms with E-state index >= 15 is 0 Å². The number of aliphatic carboxylic acids is 1. The molecule has 0 spiro atoms. The fraction of sp³-hybridized carbons (Fsp3) is 0.846. The van der Waals surface area contributed by atoms with Gasteiger partial charge >= 0.3 is 5.97 Å². The highest BCUT2D eigenvalue weighted by Crippen LogP contribution is 2.61. The Bertz CT molecular complexity index is 300. The normalized spacial score (nSPS) is 27.2. The second kappa shape index (κ2) is 3.86. The van der Waals surface area contributed by atoms with Crippen molar-refractivity contribution in [3.8, 4) is 0 Å². The number of carboxylic acid groups (broad SMARTS) is 1. The van der Waals surface area contributed by atoms with Gasteiger partial charge in [0.1, 0.15) is 5.78 Å². The first-order valence-electron chi connectivity index (χ1n) is 6.31. The second-order valence-corrected chi connectivity index (χ2v) is 5.41.